The van der Waals surface area contributed by atoms with E-state index in [0.29, 0.717) is 23.4 Å². The average molecular weight is 447 g/mol. The number of aromatic hydroxyl groups is 1. The van der Waals surface area contributed by atoms with Gasteiger partial charge in [-0.1, -0.05) is 18.2 Å². The summed E-state index contributed by atoms with van der Waals surface area (Å²) in [5.41, 5.74) is 5.37. The van der Waals surface area contributed by atoms with E-state index in [1.54, 1.807) is 12.3 Å². The van der Waals surface area contributed by atoms with Crippen molar-refractivity contribution in [2.45, 2.75) is 26.7 Å². The molecule has 0 spiro atoms. The number of hydrogen-bond donors (Lipinski definition) is 3. The number of para-hydroxylation sites is 1. The lowest BCUT2D eigenvalue weighted by Gasteiger charge is -2.21. The third-order valence-electron chi connectivity index (χ3n) is 5.55. The lowest BCUT2D eigenvalue weighted by Crippen LogP contribution is -2.22. The summed E-state index contributed by atoms with van der Waals surface area (Å²) >= 11 is 0. The number of hydrazone groups is 1. The van der Waals surface area contributed by atoms with Crippen molar-refractivity contribution in [3.05, 3.63) is 54.1 Å². The number of nitrogens with one attached hydrogen (secondary N) is 2. The lowest BCUT2D eigenvalue weighted by atomic mass is 10.2. The van der Waals surface area contributed by atoms with Crippen LogP contribution in [-0.4, -0.2) is 52.5 Å². The predicted octanol–water partition coefficient (Wildman–Crippen LogP) is 4.21. The van der Waals surface area contributed by atoms with Crippen molar-refractivity contribution in [1.29, 1.82) is 0 Å². The molecule has 0 unspecified atom stereocenters. The monoisotopic (exact) mass is 446 g/mol. The molecule has 1 fully saturated rings. The van der Waals surface area contributed by atoms with E-state index in [0.717, 1.165) is 50.4 Å². The van der Waals surface area contributed by atoms with Crippen LogP contribution < -0.4 is 20.5 Å². The molecule has 1 saturated heterocycles. The molecule has 0 radical (unpaired) electrons. The van der Waals surface area contributed by atoms with E-state index in [-0.39, 0.29) is 5.75 Å². The summed E-state index contributed by atoms with van der Waals surface area (Å²) < 4.78 is 0. The van der Waals surface area contributed by atoms with Gasteiger partial charge in [-0.05, 0) is 51.0 Å². The minimum atomic E-state index is 0.171. The van der Waals surface area contributed by atoms with Crippen LogP contribution in [-0.2, 0) is 0 Å². The van der Waals surface area contributed by atoms with Gasteiger partial charge in [0.25, 0.3) is 0 Å². The number of phenolic OH excluding ortho intramolecular Hbond substituents is 1. The van der Waals surface area contributed by atoms with Gasteiger partial charge in [0.05, 0.1) is 6.21 Å². The first-order chi connectivity index (χ1) is 16.2. The zero-order valence-corrected chi connectivity index (χ0v) is 19.1. The second-order valence-corrected chi connectivity index (χ2v) is 7.75. The highest BCUT2D eigenvalue weighted by Crippen LogP contribution is 2.24. The molecule has 0 saturated carbocycles. The van der Waals surface area contributed by atoms with Gasteiger partial charge >= 0.3 is 0 Å². The Morgan fingerprint density at radius 1 is 1.00 bits per heavy atom. The SMILES string of the molecule is CCN(CC)c1ccc(/C=N\Nc2nc(Nc3ccccc3)nc(N3CCCC3)n2)c(O)c1. The van der Waals surface area contributed by atoms with Crippen molar-refractivity contribution < 1.29 is 5.11 Å². The molecular weight excluding hydrogens is 416 g/mol. The van der Waals surface area contributed by atoms with E-state index in [4.69, 9.17) is 0 Å². The third kappa shape index (κ3) is 5.68. The molecule has 9 nitrogen and oxygen atoms in total. The maximum Gasteiger partial charge on any atom is 0.250 e. The largest absolute Gasteiger partial charge is 0.507 e. The highest BCUT2D eigenvalue weighted by Gasteiger charge is 2.17. The molecule has 1 aliphatic rings. The quantitative estimate of drug-likeness (QED) is 0.332. The molecular formula is C24H30N8O. The van der Waals surface area contributed by atoms with Gasteiger partial charge in [-0.15, -0.1) is 0 Å². The minimum Gasteiger partial charge on any atom is -0.507 e. The first kappa shape index (κ1) is 22.3. The number of nitrogens with zero attached hydrogens (tertiary/aromatic N) is 6. The molecule has 1 aliphatic heterocycles. The number of anilines is 5. The molecule has 0 aliphatic carbocycles. The zero-order valence-electron chi connectivity index (χ0n) is 19.1. The summed E-state index contributed by atoms with van der Waals surface area (Å²) in [5, 5.41) is 17.9. The van der Waals surface area contributed by atoms with Crippen LogP contribution in [0.15, 0.2) is 53.6 Å². The van der Waals surface area contributed by atoms with Crippen LogP contribution in [0.1, 0.15) is 32.3 Å². The molecule has 3 aromatic rings. The van der Waals surface area contributed by atoms with E-state index in [1.807, 2.05) is 42.5 Å². The fourth-order valence-electron chi connectivity index (χ4n) is 3.77. The minimum absolute atomic E-state index is 0.171. The van der Waals surface area contributed by atoms with Crippen molar-refractivity contribution >= 4 is 35.4 Å². The Bertz CT molecular complexity index is 1080. The Labute approximate surface area is 194 Å². The summed E-state index contributed by atoms with van der Waals surface area (Å²) in [4.78, 5) is 17.9. The van der Waals surface area contributed by atoms with Crippen LogP contribution in [0.25, 0.3) is 0 Å². The number of phenols is 1. The topological polar surface area (TPSA) is 102 Å². The lowest BCUT2D eigenvalue weighted by molar-refractivity contribution is 0.474. The first-order valence-electron chi connectivity index (χ1n) is 11.4. The van der Waals surface area contributed by atoms with Crippen LogP contribution in [0, 0.1) is 0 Å². The summed E-state index contributed by atoms with van der Waals surface area (Å²) in [5.74, 6) is 1.57. The van der Waals surface area contributed by atoms with Gasteiger partial charge < -0.3 is 20.2 Å². The van der Waals surface area contributed by atoms with E-state index in [2.05, 4.69) is 54.4 Å². The van der Waals surface area contributed by atoms with E-state index < -0.39 is 0 Å². The molecule has 0 amide bonds. The maximum absolute atomic E-state index is 10.4. The van der Waals surface area contributed by atoms with Crippen molar-refractivity contribution in [1.82, 2.24) is 15.0 Å². The molecule has 33 heavy (non-hydrogen) atoms. The fraction of sp³-hybridized carbons (Fsp3) is 0.333. The smallest absolute Gasteiger partial charge is 0.250 e. The molecule has 2 aromatic carbocycles. The first-order valence-corrected chi connectivity index (χ1v) is 11.4. The number of benzene rings is 2. The number of aromatic nitrogens is 3. The van der Waals surface area contributed by atoms with Gasteiger partial charge in [0, 0.05) is 49.2 Å². The van der Waals surface area contributed by atoms with Crippen molar-refractivity contribution in [2.24, 2.45) is 5.10 Å². The van der Waals surface area contributed by atoms with Crippen molar-refractivity contribution in [3.63, 3.8) is 0 Å². The predicted molar refractivity (Wildman–Crippen MR) is 134 cm³/mol. The van der Waals surface area contributed by atoms with E-state index >= 15 is 0 Å². The van der Waals surface area contributed by atoms with Gasteiger partial charge in [-0.3, -0.25) is 0 Å². The molecule has 4 rings (SSSR count). The van der Waals surface area contributed by atoms with Gasteiger partial charge in [0.15, 0.2) is 0 Å². The second-order valence-electron chi connectivity index (χ2n) is 7.75. The third-order valence-corrected chi connectivity index (χ3v) is 5.55. The van der Waals surface area contributed by atoms with Crippen LogP contribution in [0.4, 0.5) is 29.2 Å². The van der Waals surface area contributed by atoms with Crippen LogP contribution in [0.2, 0.25) is 0 Å². The Kier molecular flexibility index (Phi) is 7.19. The molecule has 9 heteroatoms. The second kappa shape index (κ2) is 10.6. The summed E-state index contributed by atoms with van der Waals surface area (Å²) in [7, 11) is 0. The standard InChI is InChI=1S/C24H30N8O/c1-3-31(4-2)20-13-12-18(21(33)16-20)17-25-30-23-27-22(26-19-10-6-5-7-11-19)28-24(29-23)32-14-8-9-15-32/h5-7,10-13,16-17,33H,3-4,8-9,14-15H2,1-2H3,(H2,26,27,28,29,30)/b25-17-. The Morgan fingerprint density at radius 2 is 1.73 bits per heavy atom. The normalized spacial score (nSPS) is 13.5. The summed E-state index contributed by atoms with van der Waals surface area (Å²) in [6, 6.07) is 15.3. The Balaban J connectivity index is 1.52. The Morgan fingerprint density at radius 3 is 2.42 bits per heavy atom. The number of hydrogen-bond acceptors (Lipinski definition) is 9. The molecule has 1 aromatic heterocycles. The van der Waals surface area contributed by atoms with Gasteiger partial charge in [-0.2, -0.15) is 20.1 Å². The van der Waals surface area contributed by atoms with Crippen molar-refractivity contribution in [2.75, 3.05) is 46.7 Å². The molecule has 0 bridgehead atoms. The maximum atomic E-state index is 10.4. The zero-order chi connectivity index (χ0) is 23.0. The molecule has 0 atom stereocenters. The van der Waals surface area contributed by atoms with Crippen LogP contribution in [0.5, 0.6) is 5.75 Å². The van der Waals surface area contributed by atoms with Crippen molar-refractivity contribution in [3.8, 4) is 5.75 Å². The fourth-order valence-corrected chi connectivity index (χ4v) is 3.77. The van der Waals surface area contributed by atoms with E-state index in [9.17, 15) is 5.11 Å². The molecule has 2 heterocycles. The number of rotatable bonds is 9. The average Bonchev–Trinajstić information content (AvgIpc) is 3.37. The highest BCUT2D eigenvalue weighted by atomic mass is 16.3. The van der Waals surface area contributed by atoms with Gasteiger partial charge in [-0.25, -0.2) is 5.43 Å². The van der Waals surface area contributed by atoms with E-state index in [1.165, 1.54) is 0 Å². The van der Waals surface area contributed by atoms with Crippen LogP contribution in [0.3, 0.4) is 0 Å². The summed E-state index contributed by atoms with van der Waals surface area (Å²) in [6.07, 6.45) is 3.80. The molecule has 3 N–H and O–H groups in total. The van der Waals surface area contributed by atoms with Gasteiger partial charge in [0.2, 0.25) is 17.8 Å². The summed E-state index contributed by atoms with van der Waals surface area (Å²) in [6.45, 7) is 7.78. The molecule has 172 valence electrons. The highest BCUT2D eigenvalue weighted by molar-refractivity contribution is 5.84. The van der Waals surface area contributed by atoms with Gasteiger partial charge in [0.1, 0.15) is 5.75 Å². The van der Waals surface area contributed by atoms with Crippen LogP contribution >= 0.6 is 0 Å². The Hall–Kier alpha value is -3.88.